The summed E-state index contributed by atoms with van der Waals surface area (Å²) in [6, 6.07) is 17.3. The van der Waals surface area contributed by atoms with Gasteiger partial charge in [0.25, 0.3) is 5.91 Å². The number of nitrogens with one attached hydrogen (secondary N) is 1. The molecule has 24 heavy (non-hydrogen) atoms. The maximum atomic E-state index is 12.6. The SMILES string of the molecule is CN(CC1COc2ccccc2O1)C(=O)c1cc2ccccc2[nH]1. The van der Waals surface area contributed by atoms with Gasteiger partial charge in [-0.25, -0.2) is 0 Å². The van der Waals surface area contributed by atoms with Gasteiger partial charge in [0.1, 0.15) is 12.3 Å². The summed E-state index contributed by atoms with van der Waals surface area (Å²) in [6.07, 6.45) is -0.182. The molecule has 1 aliphatic rings. The molecule has 2 aromatic carbocycles. The van der Waals surface area contributed by atoms with Crippen molar-refractivity contribution in [3.8, 4) is 11.5 Å². The first-order valence-corrected chi connectivity index (χ1v) is 7.92. The van der Waals surface area contributed by atoms with Crippen molar-refractivity contribution in [2.75, 3.05) is 20.2 Å². The fraction of sp³-hybridized carbons (Fsp3) is 0.211. The van der Waals surface area contributed by atoms with E-state index in [1.54, 1.807) is 11.9 Å². The van der Waals surface area contributed by atoms with Gasteiger partial charge in [-0.05, 0) is 24.3 Å². The van der Waals surface area contributed by atoms with Gasteiger partial charge in [0.05, 0.1) is 6.54 Å². The summed E-state index contributed by atoms with van der Waals surface area (Å²) in [5.74, 6) is 1.41. The van der Waals surface area contributed by atoms with Gasteiger partial charge in [-0.2, -0.15) is 0 Å². The number of nitrogens with zero attached hydrogens (tertiary/aromatic N) is 1. The van der Waals surface area contributed by atoms with Gasteiger partial charge in [-0.15, -0.1) is 0 Å². The molecule has 122 valence electrons. The van der Waals surface area contributed by atoms with Crippen LogP contribution < -0.4 is 9.47 Å². The maximum Gasteiger partial charge on any atom is 0.270 e. The van der Waals surface area contributed by atoms with Crippen molar-refractivity contribution in [1.82, 2.24) is 9.88 Å². The first kappa shape index (κ1) is 14.6. The van der Waals surface area contributed by atoms with Crippen molar-refractivity contribution in [2.24, 2.45) is 0 Å². The summed E-state index contributed by atoms with van der Waals surface area (Å²) in [6.45, 7) is 0.893. The second-order valence-corrected chi connectivity index (χ2v) is 5.95. The molecule has 0 spiro atoms. The van der Waals surface area contributed by atoms with Gasteiger partial charge >= 0.3 is 0 Å². The number of amides is 1. The molecule has 1 amide bonds. The third kappa shape index (κ3) is 2.69. The number of benzene rings is 2. The van der Waals surface area contributed by atoms with Gasteiger partial charge in [0.15, 0.2) is 17.6 Å². The monoisotopic (exact) mass is 322 g/mol. The van der Waals surface area contributed by atoms with E-state index in [0.29, 0.717) is 18.8 Å². The van der Waals surface area contributed by atoms with Gasteiger partial charge in [0.2, 0.25) is 0 Å². The number of para-hydroxylation sites is 3. The predicted octanol–water partition coefficient (Wildman–Crippen LogP) is 3.08. The van der Waals surface area contributed by atoms with Gasteiger partial charge < -0.3 is 19.4 Å². The summed E-state index contributed by atoms with van der Waals surface area (Å²) in [5.41, 5.74) is 1.54. The highest BCUT2D eigenvalue weighted by Gasteiger charge is 2.24. The lowest BCUT2D eigenvalue weighted by Crippen LogP contribution is -2.41. The van der Waals surface area contributed by atoms with Crippen LogP contribution in [0.15, 0.2) is 54.6 Å². The standard InChI is InChI=1S/C19H18N2O3/c1-21(11-14-12-23-17-8-4-5-9-18(17)24-14)19(22)16-10-13-6-2-3-7-15(13)20-16/h2-10,14,20H,11-12H2,1H3. The summed E-state index contributed by atoms with van der Waals surface area (Å²) >= 11 is 0. The summed E-state index contributed by atoms with van der Waals surface area (Å²) in [5, 5.41) is 1.03. The molecule has 0 bridgehead atoms. The quantitative estimate of drug-likeness (QED) is 0.806. The van der Waals surface area contributed by atoms with Crippen LogP contribution >= 0.6 is 0 Å². The van der Waals surface area contributed by atoms with E-state index in [1.807, 2.05) is 54.6 Å². The topological polar surface area (TPSA) is 54.6 Å². The van der Waals surface area contributed by atoms with Gasteiger partial charge in [-0.3, -0.25) is 4.79 Å². The number of hydrogen-bond acceptors (Lipinski definition) is 3. The second-order valence-electron chi connectivity index (χ2n) is 5.95. The van der Waals surface area contributed by atoms with Crippen LogP contribution in [0.1, 0.15) is 10.5 Å². The number of rotatable bonds is 3. The number of likely N-dealkylation sites (N-methyl/N-ethyl adjacent to an activating group) is 1. The molecule has 0 saturated carbocycles. The molecule has 5 heteroatoms. The van der Waals surface area contributed by atoms with Crippen molar-refractivity contribution in [1.29, 1.82) is 0 Å². The number of ether oxygens (including phenoxy) is 2. The van der Waals surface area contributed by atoms with E-state index < -0.39 is 0 Å². The Hall–Kier alpha value is -2.95. The lowest BCUT2D eigenvalue weighted by molar-refractivity contribution is 0.0518. The van der Waals surface area contributed by atoms with Crippen molar-refractivity contribution in [3.63, 3.8) is 0 Å². The zero-order chi connectivity index (χ0) is 16.5. The highest BCUT2D eigenvalue weighted by atomic mass is 16.6. The van der Waals surface area contributed by atoms with Crippen LogP contribution in [-0.4, -0.2) is 42.1 Å². The number of aromatic nitrogens is 1. The summed E-state index contributed by atoms with van der Waals surface area (Å²) < 4.78 is 11.6. The fourth-order valence-electron chi connectivity index (χ4n) is 2.94. The Labute approximate surface area is 139 Å². The van der Waals surface area contributed by atoms with Crippen LogP contribution in [0.2, 0.25) is 0 Å². The molecule has 5 nitrogen and oxygen atoms in total. The zero-order valence-electron chi connectivity index (χ0n) is 13.4. The average Bonchev–Trinajstić information content (AvgIpc) is 3.05. The lowest BCUT2D eigenvalue weighted by atomic mass is 10.2. The third-order valence-corrected chi connectivity index (χ3v) is 4.15. The molecule has 0 radical (unpaired) electrons. The summed E-state index contributed by atoms with van der Waals surface area (Å²) in [7, 11) is 1.78. The smallest absolute Gasteiger partial charge is 0.270 e. The molecule has 1 N–H and O–H groups in total. The Balaban J connectivity index is 1.46. The van der Waals surface area contributed by atoms with E-state index in [9.17, 15) is 4.79 Å². The molecule has 0 fully saturated rings. The Morgan fingerprint density at radius 2 is 1.92 bits per heavy atom. The first-order chi connectivity index (χ1) is 11.7. The minimum Gasteiger partial charge on any atom is -0.486 e. The van der Waals surface area contributed by atoms with Gasteiger partial charge in [-0.1, -0.05) is 30.3 Å². The molecular weight excluding hydrogens is 304 g/mol. The van der Waals surface area contributed by atoms with Crippen molar-refractivity contribution < 1.29 is 14.3 Å². The van der Waals surface area contributed by atoms with Crippen LogP contribution in [0.5, 0.6) is 11.5 Å². The fourth-order valence-corrected chi connectivity index (χ4v) is 2.94. The maximum absolute atomic E-state index is 12.6. The van der Waals surface area contributed by atoms with E-state index in [4.69, 9.17) is 9.47 Å². The average molecular weight is 322 g/mol. The van der Waals surface area contributed by atoms with Crippen molar-refractivity contribution in [3.05, 3.63) is 60.3 Å². The van der Waals surface area contributed by atoms with Crippen LogP contribution in [0.3, 0.4) is 0 Å². The largest absolute Gasteiger partial charge is 0.486 e. The van der Waals surface area contributed by atoms with E-state index in [2.05, 4.69) is 4.98 Å². The molecule has 1 atom stereocenters. The van der Waals surface area contributed by atoms with Crippen LogP contribution in [0, 0.1) is 0 Å². The molecule has 4 rings (SSSR count). The Morgan fingerprint density at radius 3 is 2.75 bits per heavy atom. The number of carbonyl (C=O) groups is 1. The van der Waals surface area contributed by atoms with E-state index in [-0.39, 0.29) is 12.0 Å². The Bertz CT molecular complexity index is 854. The number of carbonyl (C=O) groups excluding carboxylic acids is 1. The summed E-state index contributed by atoms with van der Waals surface area (Å²) in [4.78, 5) is 17.5. The predicted molar refractivity (Wildman–Crippen MR) is 91.6 cm³/mol. The van der Waals surface area contributed by atoms with Gasteiger partial charge in [0, 0.05) is 18.0 Å². The molecule has 1 unspecified atom stereocenters. The second kappa shape index (κ2) is 5.92. The number of aromatic amines is 1. The highest BCUT2D eigenvalue weighted by molar-refractivity contribution is 5.97. The first-order valence-electron chi connectivity index (χ1n) is 7.92. The van der Waals surface area contributed by atoms with Crippen molar-refractivity contribution >= 4 is 16.8 Å². The zero-order valence-corrected chi connectivity index (χ0v) is 13.4. The molecule has 1 aromatic heterocycles. The normalized spacial score (nSPS) is 16.1. The molecule has 0 saturated heterocycles. The molecule has 3 aromatic rings. The molecule has 1 aliphatic heterocycles. The van der Waals surface area contributed by atoms with Crippen molar-refractivity contribution in [2.45, 2.75) is 6.10 Å². The number of fused-ring (bicyclic) bond motifs is 2. The van der Waals surface area contributed by atoms with E-state index in [0.717, 1.165) is 22.4 Å². The highest BCUT2D eigenvalue weighted by Crippen LogP contribution is 2.31. The van der Waals surface area contributed by atoms with Crippen LogP contribution in [0.25, 0.3) is 10.9 Å². The van der Waals surface area contributed by atoms with Crippen LogP contribution in [0.4, 0.5) is 0 Å². The minimum absolute atomic E-state index is 0.0614. The van der Waals surface area contributed by atoms with E-state index in [1.165, 1.54) is 0 Å². The molecule has 2 heterocycles. The number of H-pyrrole nitrogens is 1. The lowest BCUT2D eigenvalue weighted by Gasteiger charge is -2.29. The Morgan fingerprint density at radius 1 is 1.17 bits per heavy atom. The Kier molecular flexibility index (Phi) is 3.61. The third-order valence-electron chi connectivity index (χ3n) is 4.15. The van der Waals surface area contributed by atoms with E-state index >= 15 is 0 Å². The van der Waals surface area contributed by atoms with Crippen LogP contribution in [-0.2, 0) is 0 Å². The molecular formula is C19H18N2O3. The minimum atomic E-state index is -0.182. The molecule has 0 aliphatic carbocycles. The number of hydrogen-bond donors (Lipinski definition) is 1.